The van der Waals surface area contributed by atoms with Crippen molar-refractivity contribution in [2.24, 2.45) is 5.41 Å². The SMILES string of the molecule is CN(C)CC1(CC(OC(=O)c2ccc([N+](=O)[O-])cc2)c2ccccc2)CCCCC1.Cl. The van der Waals surface area contributed by atoms with Gasteiger partial charge in [-0.15, -0.1) is 12.4 Å². The van der Waals surface area contributed by atoms with E-state index < -0.39 is 10.9 Å². The fraction of sp³-hybridized carbons (Fsp3) is 0.458. The Balaban J connectivity index is 0.00000341. The van der Waals surface area contributed by atoms with Crippen LogP contribution in [0.15, 0.2) is 54.6 Å². The Morgan fingerprint density at radius 3 is 2.23 bits per heavy atom. The quantitative estimate of drug-likeness (QED) is 0.290. The summed E-state index contributed by atoms with van der Waals surface area (Å²) < 4.78 is 6.01. The fourth-order valence-electron chi connectivity index (χ4n) is 4.60. The van der Waals surface area contributed by atoms with E-state index in [1.807, 2.05) is 30.3 Å². The van der Waals surface area contributed by atoms with Crippen LogP contribution in [0.2, 0.25) is 0 Å². The first-order valence-corrected chi connectivity index (χ1v) is 10.5. The van der Waals surface area contributed by atoms with E-state index in [1.165, 1.54) is 43.5 Å². The van der Waals surface area contributed by atoms with Gasteiger partial charge in [-0.25, -0.2) is 4.79 Å². The molecule has 0 amide bonds. The van der Waals surface area contributed by atoms with Crippen molar-refractivity contribution in [2.75, 3.05) is 20.6 Å². The van der Waals surface area contributed by atoms with Gasteiger partial charge in [0.1, 0.15) is 6.10 Å². The Kier molecular flexibility index (Phi) is 9.01. The van der Waals surface area contributed by atoms with Crippen LogP contribution in [0.4, 0.5) is 5.69 Å². The lowest BCUT2D eigenvalue weighted by atomic mass is 9.69. The molecule has 6 nitrogen and oxygen atoms in total. The minimum Gasteiger partial charge on any atom is -0.454 e. The summed E-state index contributed by atoms with van der Waals surface area (Å²) in [5, 5.41) is 10.9. The highest BCUT2D eigenvalue weighted by Crippen LogP contribution is 2.44. The van der Waals surface area contributed by atoms with Crippen LogP contribution in [0, 0.1) is 15.5 Å². The number of ether oxygens (including phenoxy) is 1. The van der Waals surface area contributed by atoms with Crippen molar-refractivity contribution in [2.45, 2.75) is 44.6 Å². The molecule has 0 aromatic heterocycles. The second-order valence-corrected chi connectivity index (χ2v) is 8.61. The lowest BCUT2D eigenvalue weighted by Crippen LogP contribution is -2.37. The molecule has 2 aromatic rings. The number of nitrogens with zero attached hydrogens (tertiary/aromatic N) is 2. The van der Waals surface area contributed by atoms with Crippen LogP contribution >= 0.6 is 12.4 Å². The molecule has 1 fully saturated rings. The van der Waals surface area contributed by atoms with Crippen molar-refractivity contribution < 1.29 is 14.5 Å². The molecule has 0 N–H and O–H groups in total. The first-order chi connectivity index (χ1) is 14.4. The van der Waals surface area contributed by atoms with Crippen LogP contribution in [-0.4, -0.2) is 36.4 Å². The number of hydrogen-bond acceptors (Lipinski definition) is 5. The predicted molar refractivity (Wildman–Crippen MR) is 124 cm³/mol. The van der Waals surface area contributed by atoms with Gasteiger partial charge in [0, 0.05) is 18.7 Å². The molecule has 2 aromatic carbocycles. The Morgan fingerprint density at radius 2 is 1.68 bits per heavy atom. The van der Waals surface area contributed by atoms with E-state index in [2.05, 4.69) is 19.0 Å². The van der Waals surface area contributed by atoms with Crippen molar-refractivity contribution in [3.05, 3.63) is 75.8 Å². The number of benzene rings is 2. The lowest BCUT2D eigenvalue weighted by Gasteiger charge is -2.41. The fourth-order valence-corrected chi connectivity index (χ4v) is 4.60. The zero-order chi connectivity index (χ0) is 21.6. The number of halogens is 1. The second kappa shape index (κ2) is 11.3. The van der Waals surface area contributed by atoms with Gasteiger partial charge in [0.15, 0.2) is 0 Å². The molecule has 1 atom stereocenters. The average molecular weight is 447 g/mol. The number of esters is 1. The molecule has 7 heteroatoms. The second-order valence-electron chi connectivity index (χ2n) is 8.61. The molecule has 1 unspecified atom stereocenters. The highest BCUT2D eigenvalue weighted by atomic mass is 35.5. The van der Waals surface area contributed by atoms with E-state index >= 15 is 0 Å². The molecule has 0 spiro atoms. The molecule has 1 saturated carbocycles. The van der Waals surface area contributed by atoms with E-state index in [0.29, 0.717) is 5.56 Å². The number of carbonyl (C=O) groups excluding carboxylic acids is 1. The lowest BCUT2D eigenvalue weighted by molar-refractivity contribution is -0.384. The maximum Gasteiger partial charge on any atom is 0.338 e. The third-order valence-electron chi connectivity index (χ3n) is 5.92. The summed E-state index contributed by atoms with van der Waals surface area (Å²) in [4.78, 5) is 25.5. The molecule has 0 saturated heterocycles. The van der Waals surface area contributed by atoms with Gasteiger partial charge in [-0.1, -0.05) is 49.6 Å². The molecule has 0 radical (unpaired) electrons. The molecular weight excluding hydrogens is 416 g/mol. The van der Waals surface area contributed by atoms with Gasteiger partial charge in [-0.05, 0) is 56.5 Å². The summed E-state index contributed by atoms with van der Waals surface area (Å²) in [7, 11) is 4.19. The Morgan fingerprint density at radius 1 is 1.06 bits per heavy atom. The number of nitro benzene ring substituents is 1. The van der Waals surface area contributed by atoms with Crippen LogP contribution in [-0.2, 0) is 4.74 Å². The van der Waals surface area contributed by atoms with Crippen molar-refractivity contribution in [1.29, 1.82) is 0 Å². The average Bonchev–Trinajstić information content (AvgIpc) is 2.74. The molecule has 31 heavy (non-hydrogen) atoms. The number of non-ortho nitro benzene ring substituents is 1. The van der Waals surface area contributed by atoms with Crippen molar-refractivity contribution >= 4 is 24.1 Å². The maximum absolute atomic E-state index is 12.9. The van der Waals surface area contributed by atoms with Crippen LogP contribution < -0.4 is 0 Å². The molecular formula is C24H31ClN2O4. The van der Waals surface area contributed by atoms with E-state index in [0.717, 1.165) is 31.4 Å². The maximum atomic E-state index is 12.9. The first kappa shape index (κ1) is 24.8. The first-order valence-electron chi connectivity index (χ1n) is 10.5. The predicted octanol–water partition coefficient (Wildman–Crippen LogP) is 5.82. The molecule has 0 aliphatic heterocycles. The van der Waals surface area contributed by atoms with Crippen molar-refractivity contribution in [3.63, 3.8) is 0 Å². The number of nitro groups is 1. The third-order valence-corrected chi connectivity index (χ3v) is 5.92. The summed E-state index contributed by atoms with van der Waals surface area (Å²) in [5.41, 5.74) is 1.37. The van der Waals surface area contributed by atoms with Crippen molar-refractivity contribution in [3.8, 4) is 0 Å². The van der Waals surface area contributed by atoms with Gasteiger partial charge in [-0.2, -0.15) is 0 Å². The highest BCUT2D eigenvalue weighted by Gasteiger charge is 2.37. The zero-order valence-corrected chi connectivity index (χ0v) is 19.0. The minimum absolute atomic E-state index is 0. The van der Waals surface area contributed by atoms with E-state index in [-0.39, 0.29) is 29.6 Å². The van der Waals surface area contributed by atoms with Gasteiger partial charge in [0.25, 0.3) is 5.69 Å². The summed E-state index contributed by atoms with van der Waals surface area (Å²) in [6.45, 7) is 0.964. The van der Waals surface area contributed by atoms with Gasteiger partial charge >= 0.3 is 5.97 Å². The summed E-state index contributed by atoms with van der Waals surface area (Å²) >= 11 is 0. The van der Waals surface area contributed by atoms with E-state index in [9.17, 15) is 14.9 Å². The molecule has 0 bridgehead atoms. The van der Waals surface area contributed by atoms with Gasteiger partial charge in [-0.3, -0.25) is 10.1 Å². The zero-order valence-electron chi connectivity index (χ0n) is 18.2. The smallest absolute Gasteiger partial charge is 0.338 e. The molecule has 1 aliphatic rings. The molecule has 0 heterocycles. The normalized spacial score (nSPS) is 16.2. The number of rotatable bonds is 8. The monoisotopic (exact) mass is 446 g/mol. The molecule has 1 aliphatic carbocycles. The van der Waals surface area contributed by atoms with E-state index in [4.69, 9.17) is 4.74 Å². The molecule has 168 valence electrons. The Bertz CT molecular complexity index is 850. The number of carbonyl (C=O) groups is 1. The third kappa shape index (κ3) is 6.77. The van der Waals surface area contributed by atoms with Crippen molar-refractivity contribution in [1.82, 2.24) is 4.90 Å². The van der Waals surface area contributed by atoms with Gasteiger partial charge in [0.2, 0.25) is 0 Å². The minimum atomic E-state index is -0.476. The van der Waals surface area contributed by atoms with Gasteiger partial charge in [0.05, 0.1) is 10.5 Å². The van der Waals surface area contributed by atoms with Crippen LogP contribution in [0.25, 0.3) is 0 Å². The summed E-state index contributed by atoms with van der Waals surface area (Å²) in [6, 6.07) is 15.5. The Labute approximate surface area is 190 Å². The topological polar surface area (TPSA) is 72.7 Å². The van der Waals surface area contributed by atoms with E-state index in [1.54, 1.807) is 0 Å². The standard InChI is InChI=1S/C24H30N2O4.ClH/c1-25(2)18-24(15-7-4-8-16-24)17-22(19-9-5-3-6-10-19)30-23(27)20-11-13-21(14-12-20)26(28)29;/h3,5-6,9-14,22H,4,7-8,15-18H2,1-2H3;1H. The van der Waals surface area contributed by atoms with Crippen LogP contribution in [0.1, 0.15) is 60.6 Å². The summed E-state index contributed by atoms with van der Waals surface area (Å²) in [5.74, 6) is -0.449. The Hall–Kier alpha value is -2.44. The summed E-state index contributed by atoms with van der Waals surface area (Å²) in [6.07, 6.45) is 6.33. The largest absolute Gasteiger partial charge is 0.454 e. The van der Waals surface area contributed by atoms with Crippen LogP contribution in [0.3, 0.4) is 0 Å². The highest BCUT2D eigenvalue weighted by molar-refractivity contribution is 5.89. The van der Waals surface area contributed by atoms with Gasteiger partial charge < -0.3 is 9.64 Å². The molecule has 3 rings (SSSR count). The number of hydrogen-bond donors (Lipinski definition) is 0. The van der Waals surface area contributed by atoms with Crippen LogP contribution in [0.5, 0.6) is 0 Å².